The minimum Gasteiger partial charge on any atom is -0.478 e. The van der Waals surface area contributed by atoms with Crippen molar-refractivity contribution in [3.8, 4) is 16.3 Å². The zero-order chi connectivity index (χ0) is 21.3. The molecular formula is C22H14F3NO3S. The van der Waals surface area contributed by atoms with Gasteiger partial charge in [0.15, 0.2) is 0 Å². The zero-order valence-corrected chi connectivity index (χ0v) is 16.1. The molecule has 0 saturated carbocycles. The number of carboxylic acids is 1. The largest absolute Gasteiger partial charge is 0.478 e. The van der Waals surface area contributed by atoms with Crippen LogP contribution in [0.5, 0.6) is 5.75 Å². The number of fused-ring (bicyclic) bond motifs is 1. The summed E-state index contributed by atoms with van der Waals surface area (Å²) in [5.74, 6) is -1.24. The highest BCUT2D eigenvalue weighted by Gasteiger charge is 2.32. The maximum Gasteiger partial charge on any atom is 0.416 e. The number of aliphatic carboxylic acids is 1. The van der Waals surface area contributed by atoms with E-state index in [2.05, 4.69) is 4.98 Å². The van der Waals surface area contributed by atoms with Gasteiger partial charge < -0.3 is 9.84 Å². The van der Waals surface area contributed by atoms with Crippen molar-refractivity contribution in [2.24, 2.45) is 0 Å². The summed E-state index contributed by atoms with van der Waals surface area (Å²) in [6.45, 7) is 0. The third-order valence-electron chi connectivity index (χ3n) is 4.40. The van der Waals surface area contributed by atoms with Crippen LogP contribution >= 0.6 is 11.3 Å². The molecule has 1 heterocycles. The van der Waals surface area contributed by atoms with Crippen molar-refractivity contribution >= 4 is 27.5 Å². The van der Waals surface area contributed by atoms with Crippen molar-refractivity contribution in [3.05, 3.63) is 83.9 Å². The summed E-state index contributed by atoms with van der Waals surface area (Å²) in [6.07, 6.45) is -5.94. The molecule has 4 rings (SSSR count). The molecule has 3 aromatic carbocycles. The van der Waals surface area contributed by atoms with Gasteiger partial charge >= 0.3 is 12.1 Å². The number of halogens is 3. The molecule has 0 spiro atoms. The van der Waals surface area contributed by atoms with Crippen LogP contribution in [0, 0.1) is 0 Å². The summed E-state index contributed by atoms with van der Waals surface area (Å²) in [6, 6.07) is 18.3. The summed E-state index contributed by atoms with van der Waals surface area (Å²) in [4.78, 5) is 16.2. The maximum absolute atomic E-state index is 13.3. The van der Waals surface area contributed by atoms with Gasteiger partial charge in [-0.1, -0.05) is 42.5 Å². The Labute approximate surface area is 173 Å². The van der Waals surface area contributed by atoms with Gasteiger partial charge in [0.05, 0.1) is 21.3 Å². The van der Waals surface area contributed by atoms with Crippen molar-refractivity contribution in [3.63, 3.8) is 0 Å². The Balaban J connectivity index is 1.83. The second-order valence-electron chi connectivity index (χ2n) is 6.44. The van der Waals surface area contributed by atoms with Gasteiger partial charge in [-0.2, -0.15) is 13.2 Å². The molecule has 30 heavy (non-hydrogen) atoms. The molecular weight excluding hydrogens is 415 g/mol. The van der Waals surface area contributed by atoms with Crippen LogP contribution in [-0.4, -0.2) is 16.1 Å². The number of ether oxygens (including phenoxy) is 1. The van der Waals surface area contributed by atoms with E-state index >= 15 is 0 Å². The van der Waals surface area contributed by atoms with E-state index in [0.29, 0.717) is 16.1 Å². The molecule has 1 aromatic heterocycles. The standard InChI is InChI=1S/C22H14F3NO3S/c23-22(24,25)14-10-11-17(29-19(21(27)28)13-6-2-1-3-7-13)15(12-14)20-26-16-8-4-5-9-18(16)30-20/h1-12,19H,(H,27,28). The van der Waals surface area contributed by atoms with Crippen molar-refractivity contribution in [2.75, 3.05) is 0 Å². The fourth-order valence-corrected chi connectivity index (χ4v) is 3.97. The first-order valence-electron chi connectivity index (χ1n) is 8.84. The molecule has 8 heteroatoms. The molecule has 1 N–H and O–H groups in total. The van der Waals surface area contributed by atoms with E-state index in [4.69, 9.17) is 4.74 Å². The molecule has 0 saturated heterocycles. The minimum absolute atomic E-state index is 0.0123. The Hall–Kier alpha value is -3.39. The van der Waals surface area contributed by atoms with E-state index in [1.54, 1.807) is 42.5 Å². The smallest absolute Gasteiger partial charge is 0.416 e. The Morgan fingerprint density at radius 3 is 2.37 bits per heavy atom. The number of rotatable bonds is 5. The Kier molecular flexibility index (Phi) is 5.17. The SMILES string of the molecule is O=C(O)C(Oc1ccc(C(F)(F)F)cc1-c1nc2ccccc2s1)c1ccccc1. The number of alkyl halides is 3. The molecule has 1 unspecified atom stereocenters. The van der Waals surface area contributed by atoms with Gasteiger partial charge in [0.1, 0.15) is 10.8 Å². The van der Waals surface area contributed by atoms with Crippen LogP contribution in [0.4, 0.5) is 13.2 Å². The van der Waals surface area contributed by atoms with Gasteiger partial charge in [0.25, 0.3) is 0 Å². The highest BCUT2D eigenvalue weighted by Crippen LogP contribution is 2.41. The van der Waals surface area contributed by atoms with E-state index in [-0.39, 0.29) is 11.3 Å². The number of para-hydroxylation sites is 1. The van der Waals surface area contributed by atoms with E-state index in [1.807, 2.05) is 12.1 Å². The average Bonchev–Trinajstić information content (AvgIpc) is 3.15. The van der Waals surface area contributed by atoms with Crippen LogP contribution in [0.2, 0.25) is 0 Å². The first kappa shape index (κ1) is 19.9. The van der Waals surface area contributed by atoms with Crippen molar-refractivity contribution in [2.45, 2.75) is 12.3 Å². The van der Waals surface area contributed by atoms with Crippen LogP contribution in [0.15, 0.2) is 72.8 Å². The molecule has 0 radical (unpaired) electrons. The van der Waals surface area contributed by atoms with Crippen LogP contribution in [0.25, 0.3) is 20.8 Å². The molecule has 0 aliphatic heterocycles. The number of hydrogen-bond donors (Lipinski definition) is 1. The topological polar surface area (TPSA) is 59.4 Å². The molecule has 0 amide bonds. The third kappa shape index (κ3) is 3.99. The summed E-state index contributed by atoms with van der Waals surface area (Å²) in [7, 11) is 0. The first-order chi connectivity index (χ1) is 14.3. The maximum atomic E-state index is 13.3. The normalized spacial score (nSPS) is 12.6. The van der Waals surface area contributed by atoms with Crippen molar-refractivity contribution in [1.29, 1.82) is 0 Å². The molecule has 1 atom stereocenters. The summed E-state index contributed by atoms with van der Waals surface area (Å²) >= 11 is 1.21. The van der Waals surface area contributed by atoms with Gasteiger partial charge in [-0.05, 0) is 30.3 Å². The fourth-order valence-electron chi connectivity index (χ4n) is 2.98. The second-order valence-corrected chi connectivity index (χ2v) is 7.47. The monoisotopic (exact) mass is 429 g/mol. The number of thiazole rings is 1. The van der Waals surface area contributed by atoms with Gasteiger partial charge in [0, 0.05) is 5.56 Å². The molecule has 152 valence electrons. The van der Waals surface area contributed by atoms with E-state index in [0.717, 1.165) is 22.9 Å². The molecule has 0 aliphatic rings. The van der Waals surface area contributed by atoms with Crippen LogP contribution in [-0.2, 0) is 11.0 Å². The van der Waals surface area contributed by atoms with Crippen LogP contribution in [0.1, 0.15) is 17.2 Å². The second kappa shape index (κ2) is 7.79. The highest BCUT2D eigenvalue weighted by molar-refractivity contribution is 7.21. The Bertz CT molecular complexity index is 1170. The van der Waals surface area contributed by atoms with Gasteiger partial charge in [-0.25, -0.2) is 9.78 Å². The van der Waals surface area contributed by atoms with Crippen LogP contribution in [0.3, 0.4) is 0 Å². The third-order valence-corrected chi connectivity index (χ3v) is 5.47. The molecule has 4 aromatic rings. The Morgan fingerprint density at radius 2 is 1.70 bits per heavy atom. The van der Waals surface area contributed by atoms with Gasteiger partial charge in [0.2, 0.25) is 6.10 Å². The summed E-state index contributed by atoms with van der Waals surface area (Å²) < 4.78 is 46.5. The zero-order valence-electron chi connectivity index (χ0n) is 15.3. The number of nitrogens with zero attached hydrogens (tertiary/aromatic N) is 1. The molecule has 0 bridgehead atoms. The lowest BCUT2D eigenvalue weighted by Gasteiger charge is -2.18. The summed E-state index contributed by atoms with van der Waals surface area (Å²) in [5, 5.41) is 9.94. The lowest BCUT2D eigenvalue weighted by Crippen LogP contribution is -2.18. The van der Waals surface area contributed by atoms with E-state index < -0.39 is 23.8 Å². The van der Waals surface area contributed by atoms with Crippen LogP contribution < -0.4 is 4.74 Å². The molecule has 0 aliphatic carbocycles. The Morgan fingerprint density at radius 1 is 1.00 bits per heavy atom. The predicted octanol–water partition coefficient (Wildman–Crippen LogP) is 6.19. The van der Waals surface area contributed by atoms with Gasteiger partial charge in [-0.15, -0.1) is 11.3 Å². The molecule has 4 nitrogen and oxygen atoms in total. The number of carboxylic acid groups (broad SMARTS) is 1. The summed E-state index contributed by atoms with van der Waals surface area (Å²) in [5.41, 5.74) is 0.239. The lowest BCUT2D eigenvalue weighted by atomic mass is 10.1. The fraction of sp³-hybridized carbons (Fsp3) is 0.0909. The number of aromatic nitrogens is 1. The first-order valence-corrected chi connectivity index (χ1v) is 9.66. The highest BCUT2D eigenvalue weighted by atomic mass is 32.1. The number of benzene rings is 3. The van der Waals surface area contributed by atoms with Crippen molar-refractivity contribution < 1.29 is 27.8 Å². The lowest BCUT2D eigenvalue weighted by molar-refractivity contribution is -0.145. The van der Waals surface area contributed by atoms with Crippen molar-refractivity contribution in [1.82, 2.24) is 4.98 Å². The average molecular weight is 429 g/mol. The quantitative estimate of drug-likeness (QED) is 0.411. The minimum atomic E-state index is -4.56. The predicted molar refractivity (Wildman–Crippen MR) is 108 cm³/mol. The van der Waals surface area contributed by atoms with E-state index in [9.17, 15) is 23.1 Å². The van der Waals surface area contributed by atoms with Gasteiger partial charge in [-0.3, -0.25) is 0 Å². The number of hydrogen-bond acceptors (Lipinski definition) is 4. The van der Waals surface area contributed by atoms with E-state index in [1.165, 1.54) is 11.3 Å². The number of carbonyl (C=O) groups is 1. The molecule has 0 fully saturated rings.